The van der Waals surface area contributed by atoms with Gasteiger partial charge in [0.15, 0.2) is 0 Å². The van der Waals surface area contributed by atoms with E-state index in [2.05, 4.69) is 23.6 Å². The Kier molecular flexibility index (Phi) is 4.35. The lowest BCUT2D eigenvalue weighted by atomic mass is 9.86. The molecular weight excluding hydrogens is 204 g/mol. The minimum Gasteiger partial charge on any atom is -0.330 e. The first-order valence-electron chi connectivity index (χ1n) is 6.33. The molecule has 3 heteroatoms. The van der Waals surface area contributed by atoms with Gasteiger partial charge in [-0.1, -0.05) is 6.92 Å². The largest absolute Gasteiger partial charge is 0.330 e. The summed E-state index contributed by atoms with van der Waals surface area (Å²) in [6.45, 7) is 5.81. The van der Waals surface area contributed by atoms with Gasteiger partial charge in [0.25, 0.3) is 0 Å². The highest BCUT2D eigenvalue weighted by Crippen LogP contribution is 2.28. The van der Waals surface area contributed by atoms with E-state index in [1.165, 1.54) is 43.9 Å². The van der Waals surface area contributed by atoms with Crippen LogP contribution in [0.25, 0.3) is 0 Å². The van der Waals surface area contributed by atoms with Crippen LogP contribution in [0.2, 0.25) is 0 Å². The van der Waals surface area contributed by atoms with Crippen molar-refractivity contribution in [1.82, 2.24) is 4.90 Å². The molecule has 0 radical (unpaired) electrons. The van der Waals surface area contributed by atoms with Gasteiger partial charge >= 0.3 is 0 Å². The molecule has 2 unspecified atom stereocenters. The number of hydrogen-bond acceptors (Lipinski definition) is 3. The standard InChI is InChI=1S/C12H24N2S/c1-10-2-5-14(9-11(10)8-13)12-3-6-15-7-4-12/h10-12H,2-9,13H2,1H3. The summed E-state index contributed by atoms with van der Waals surface area (Å²) in [5.74, 6) is 4.31. The molecule has 88 valence electrons. The molecule has 2 fully saturated rings. The molecule has 2 aliphatic heterocycles. The highest BCUT2D eigenvalue weighted by Gasteiger charge is 2.29. The van der Waals surface area contributed by atoms with Gasteiger partial charge in [-0.3, -0.25) is 4.90 Å². The fourth-order valence-corrected chi connectivity index (χ4v) is 3.95. The third kappa shape index (κ3) is 2.89. The molecule has 0 bridgehead atoms. The molecule has 2 aliphatic rings. The molecule has 0 spiro atoms. The molecule has 0 saturated carbocycles. The van der Waals surface area contributed by atoms with Gasteiger partial charge in [0.05, 0.1) is 0 Å². The van der Waals surface area contributed by atoms with E-state index in [1.807, 2.05) is 0 Å². The van der Waals surface area contributed by atoms with Crippen LogP contribution in [0.5, 0.6) is 0 Å². The molecule has 2 N–H and O–H groups in total. The maximum absolute atomic E-state index is 5.85. The summed E-state index contributed by atoms with van der Waals surface area (Å²) in [5.41, 5.74) is 5.85. The quantitative estimate of drug-likeness (QED) is 0.781. The normalized spacial score (nSPS) is 35.6. The van der Waals surface area contributed by atoms with Gasteiger partial charge in [0.1, 0.15) is 0 Å². The third-order valence-electron chi connectivity index (χ3n) is 4.16. The summed E-state index contributed by atoms with van der Waals surface area (Å²) in [6, 6.07) is 0.868. The second-order valence-electron chi connectivity index (χ2n) is 5.10. The first-order valence-corrected chi connectivity index (χ1v) is 7.48. The lowest BCUT2D eigenvalue weighted by Gasteiger charge is -2.42. The predicted octanol–water partition coefficient (Wildman–Crippen LogP) is 1.80. The lowest BCUT2D eigenvalue weighted by molar-refractivity contribution is 0.0867. The van der Waals surface area contributed by atoms with Crippen LogP contribution in [0.3, 0.4) is 0 Å². The van der Waals surface area contributed by atoms with Crippen molar-refractivity contribution < 1.29 is 0 Å². The zero-order valence-electron chi connectivity index (χ0n) is 9.82. The van der Waals surface area contributed by atoms with E-state index in [0.29, 0.717) is 0 Å². The number of nitrogens with two attached hydrogens (primary N) is 1. The third-order valence-corrected chi connectivity index (χ3v) is 5.20. The van der Waals surface area contributed by atoms with Gasteiger partial charge in [0.2, 0.25) is 0 Å². The molecular formula is C12H24N2S. The number of rotatable bonds is 2. The van der Waals surface area contributed by atoms with Gasteiger partial charge in [-0.2, -0.15) is 11.8 Å². The molecule has 0 amide bonds. The SMILES string of the molecule is CC1CCN(C2CCSCC2)CC1CN. The van der Waals surface area contributed by atoms with Crippen LogP contribution >= 0.6 is 11.8 Å². The zero-order chi connectivity index (χ0) is 10.7. The fraction of sp³-hybridized carbons (Fsp3) is 1.00. The van der Waals surface area contributed by atoms with Crippen molar-refractivity contribution in [3.8, 4) is 0 Å². The molecule has 2 heterocycles. The highest BCUT2D eigenvalue weighted by atomic mass is 32.2. The smallest absolute Gasteiger partial charge is 0.0111 e. The van der Waals surface area contributed by atoms with Crippen molar-refractivity contribution in [3.05, 3.63) is 0 Å². The Morgan fingerprint density at radius 2 is 2.00 bits per heavy atom. The van der Waals surface area contributed by atoms with E-state index < -0.39 is 0 Å². The Hall–Kier alpha value is 0.270. The summed E-state index contributed by atoms with van der Waals surface area (Å²) in [6.07, 6.45) is 4.15. The van der Waals surface area contributed by atoms with Crippen LogP contribution in [-0.2, 0) is 0 Å². The Labute approximate surface area is 98.0 Å². The van der Waals surface area contributed by atoms with Gasteiger partial charge in [-0.05, 0) is 55.7 Å². The van der Waals surface area contributed by atoms with Gasteiger partial charge < -0.3 is 5.73 Å². The van der Waals surface area contributed by atoms with E-state index in [4.69, 9.17) is 5.73 Å². The topological polar surface area (TPSA) is 29.3 Å². The van der Waals surface area contributed by atoms with E-state index >= 15 is 0 Å². The van der Waals surface area contributed by atoms with E-state index in [1.54, 1.807) is 0 Å². The van der Waals surface area contributed by atoms with Crippen LogP contribution in [0.1, 0.15) is 26.2 Å². The van der Waals surface area contributed by atoms with E-state index in [9.17, 15) is 0 Å². The summed E-state index contributed by atoms with van der Waals surface area (Å²) in [5, 5.41) is 0. The van der Waals surface area contributed by atoms with Gasteiger partial charge in [0, 0.05) is 12.6 Å². The van der Waals surface area contributed by atoms with E-state index in [0.717, 1.165) is 24.4 Å². The van der Waals surface area contributed by atoms with Gasteiger partial charge in [-0.25, -0.2) is 0 Å². The molecule has 0 aromatic heterocycles. The minimum atomic E-state index is 0.744. The van der Waals surface area contributed by atoms with Crippen LogP contribution in [0.4, 0.5) is 0 Å². The molecule has 2 saturated heterocycles. The number of piperidine rings is 1. The second-order valence-corrected chi connectivity index (χ2v) is 6.32. The summed E-state index contributed by atoms with van der Waals surface area (Å²) >= 11 is 2.12. The Morgan fingerprint density at radius 3 is 2.67 bits per heavy atom. The Morgan fingerprint density at radius 1 is 1.27 bits per heavy atom. The maximum atomic E-state index is 5.85. The predicted molar refractivity (Wildman–Crippen MR) is 68.2 cm³/mol. The number of nitrogens with zero attached hydrogens (tertiary/aromatic N) is 1. The first-order chi connectivity index (χ1) is 7.31. The van der Waals surface area contributed by atoms with Crippen molar-refractivity contribution in [3.63, 3.8) is 0 Å². The van der Waals surface area contributed by atoms with Gasteiger partial charge in [-0.15, -0.1) is 0 Å². The Bertz CT molecular complexity index is 192. The summed E-state index contributed by atoms with van der Waals surface area (Å²) < 4.78 is 0. The summed E-state index contributed by atoms with van der Waals surface area (Å²) in [7, 11) is 0. The molecule has 2 atom stereocenters. The molecule has 0 aromatic rings. The Balaban J connectivity index is 1.87. The monoisotopic (exact) mass is 228 g/mol. The van der Waals surface area contributed by atoms with Crippen LogP contribution in [-0.4, -0.2) is 42.1 Å². The van der Waals surface area contributed by atoms with Crippen LogP contribution in [0, 0.1) is 11.8 Å². The average molecular weight is 228 g/mol. The van der Waals surface area contributed by atoms with Crippen molar-refractivity contribution in [2.45, 2.75) is 32.2 Å². The molecule has 15 heavy (non-hydrogen) atoms. The number of hydrogen-bond donors (Lipinski definition) is 1. The van der Waals surface area contributed by atoms with Crippen molar-refractivity contribution in [2.24, 2.45) is 17.6 Å². The second kappa shape index (κ2) is 5.55. The van der Waals surface area contributed by atoms with Crippen LogP contribution in [0.15, 0.2) is 0 Å². The van der Waals surface area contributed by atoms with Crippen LogP contribution < -0.4 is 5.73 Å². The van der Waals surface area contributed by atoms with Crippen molar-refractivity contribution in [2.75, 3.05) is 31.1 Å². The summed E-state index contributed by atoms with van der Waals surface area (Å²) in [4.78, 5) is 2.72. The average Bonchev–Trinajstić information content (AvgIpc) is 2.31. The molecule has 0 aliphatic carbocycles. The lowest BCUT2D eigenvalue weighted by Crippen LogP contribution is -2.48. The molecule has 0 aromatic carbocycles. The highest BCUT2D eigenvalue weighted by molar-refractivity contribution is 7.99. The van der Waals surface area contributed by atoms with Crippen molar-refractivity contribution >= 4 is 11.8 Å². The minimum absolute atomic E-state index is 0.744. The molecule has 2 rings (SSSR count). The number of likely N-dealkylation sites (tertiary alicyclic amines) is 1. The maximum Gasteiger partial charge on any atom is 0.0111 e. The zero-order valence-corrected chi connectivity index (χ0v) is 10.6. The van der Waals surface area contributed by atoms with Crippen molar-refractivity contribution in [1.29, 1.82) is 0 Å². The molecule has 2 nitrogen and oxygen atoms in total. The first kappa shape index (κ1) is 11.7. The fourth-order valence-electron chi connectivity index (χ4n) is 2.87. The van der Waals surface area contributed by atoms with E-state index in [-0.39, 0.29) is 0 Å². The number of thioether (sulfide) groups is 1.